The first-order valence-electron chi connectivity index (χ1n) is 6.89. The molecule has 1 unspecified atom stereocenters. The van der Waals surface area contributed by atoms with Crippen molar-refractivity contribution in [2.45, 2.75) is 32.8 Å². The third-order valence-corrected chi connectivity index (χ3v) is 4.19. The van der Waals surface area contributed by atoms with Gasteiger partial charge >= 0.3 is 0 Å². The summed E-state index contributed by atoms with van der Waals surface area (Å²) in [4.78, 5) is 26.1. The lowest BCUT2D eigenvalue weighted by Crippen LogP contribution is -2.37. The number of hydrogen-bond donors (Lipinski definition) is 1. The first-order valence-corrected chi connectivity index (χ1v) is 6.89. The van der Waals surface area contributed by atoms with Crippen molar-refractivity contribution in [1.29, 1.82) is 0 Å². The smallest absolute Gasteiger partial charge is 0.259 e. The first-order chi connectivity index (χ1) is 9.20. The molecule has 2 rings (SSSR count). The topological polar surface area (TPSA) is 62.5 Å². The van der Waals surface area contributed by atoms with Crippen molar-refractivity contribution in [2.24, 2.45) is 13.0 Å². The molecular weight excluding hydrogens is 256 g/mol. The molecule has 20 heavy (non-hydrogen) atoms. The third kappa shape index (κ3) is 2.77. The lowest BCUT2D eigenvalue weighted by atomic mass is 9.90. The molecule has 110 valence electrons. The predicted octanol–water partition coefficient (Wildman–Crippen LogP) is 0.927. The second-order valence-corrected chi connectivity index (χ2v) is 6.19. The van der Waals surface area contributed by atoms with Crippen LogP contribution < -0.4 is 5.43 Å². The van der Waals surface area contributed by atoms with Gasteiger partial charge in [-0.05, 0) is 27.2 Å². The molecule has 2 heterocycles. The SMILES string of the molecule is Cc1cc(=O)c(C(=O)N2CCC(C(C)(C)O)C2)cn1C. The van der Waals surface area contributed by atoms with E-state index >= 15 is 0 Å². The molecular formula is C15H22N2O3. The monoisotopic (exact) mass is 278 g/mol. The van der Waals surface area contributed by atoms with Gasteiger partial charge in [0.25, 0.3) is 5.91 Å². The van der Waals surface area contributed by atoms with Crippen molar-refractivity contribution in [1.82, 2.24) is 9.47 Å². The fraction of sp³-hybridized carbons (Fsp3) is 0.600. The van der Waals surface area contributed by atoms with Gasteiger partial charge in [-0.3, -0.25) is 9.59 Å². The Morgan fingerprint density at radius 2 is 2.10 bits per heavy atom. The summed E-state index contributed by atoms with van der Waals surface area (Å²) in [6.07, 6.45) is 2.36. The fourth-order valence-corrected chi connectivity index (χ4v) is 2.58. The summed E-state index contributed by atoms with van der Waals surface area (Å²) in [5, 5.41) is 10.0. The second-order valence-electron chi connectivity index (χ2n) is 6.19. The molecule has 0 aliphatic carbocycles. The number of rotatable bonds is 2. The van der Waals surface area contributed by atoms with Crippen molar-refractivity contribution >= 4 is 5.91 Å². The van der Waals surface area contributed by atoms with Crippen molar-refractivity contribution in [3.63, 3.8) is 0 Å². The van der Waals surface area contributed by atoms with E-state index in [-0.39, 0.29) is 22.8 Å². The Balaban J connectivity index is 2.22. The van der Waals surface area contributed by atoms with E-state index in [9.17, 15) is 14.7 Å². The van der Waals surface area contributed by atoms with Gasteiger partial charge < -0.3 is 14.6 Å². The quantitative estimate of drug-likeness (QED) is 0.875. The molecule has 0 aromatic carbocycles. The summed E-state index contributed by atoms with van der Waals surface area (Å²) in [6, 6.07) is 1.48. The van der Waals surface area contributed by atoms with Crippen LogP contribution in [0.3, 0.4) is 0 Å². The molecule has 1 aliphatic heterocycles. The van der Waals surface area contributed by atoms with E-state index in [1.165, 1.54) is 6.07 Å². The molecule has 1 atom stereocenters. The van der Waals surface area contributed by atoms with E-state index in [1.807, 2.05) is 14.0 Å². The van der Waals surface area contributed by atoms with Crippen molar-refractivity contribution in [3.05, 3.63) is 33.7 Å². The highest BCUT2D eigenvalue weighted by atomic mass is 16.3. The molecule has 0 saturated carbocycles. The van der Waals surface area contributed by atoms with Gasteiger partial charge in [0.15, 0.2) is 5.43 Å². The zero-order chi connectivity index (χ0) is 15.1. The summed E-state index contributed by atoms with van der Waals surface area (Å²) >= 11 is 0. The maximum atomic E-state index is 12.4. The summed E-state index contributed by atoms with van der Waals surface area (Å²) in [6.45, 7) is 6.44. The third-order valence-electron chi connectivity index (χ3n) is 4.19. The van der Waals surface area contributed by atoms with Gasteiger partial charge in [-0.1, -0.05) is 0 Å². The predicted molar refractivity (Wildman–Crippen MR) is 76.7 cm³/mol. The highest BCUT2D eigenvalue weighted by Gasteiger charge is 2.36. The normalized spacial score (nSPS) is 19.4. The molecule has 1 fully saturated rings. The molecule has 1 amide bonds. The molecule has 0 bridgehead atoms. The van der Waals surface area contributed by atoms with E-state index in [4.69, 9.17) is 0 Å². The lowest BCUT2D eigenvalue weighted by Gasteiger charge is -2.25. The summed E-state index contributed by atoms with van der Waals surface area (Å²) in [5.74, 6) is -0.182. The zero-order valence-electron chi connectivity index (χ0n) is 12.5. The zero-order valence-corrected chi connectivity index (χ0v) is 12.5. The molecule has 1 N–H and O–H groups in total. The highest BCUT2D eigenvalue weighted by Crippen LogP contribution is 2.27. The molecule has 1 aromatic rings. The Kier molecular flexibility index (Phi) is 3.73. The number of pyridine rings is 1. The molecule has 1 saturated heterocycles. The van der Waals surface area contributed by atoms with Crippen molar-refractivity contribution in [3.8, 4) is 0 Å². The Bertz CT molecular complexity index is 584. The van der Waals surface area contributed by atoms with Gasteiger partial charge in [-0.2, -0.15) is 0 Å². The fourth-order valence-electron chi connectivity index (χ4n) is 2.58. The summed E-state index contributed by atoms with van der Waals surface area (Å²) in [5.41, 5.74) is -0.0121. The largest absolute Gasteiger partial charge is 0.390 e. The minimum atomic E-state index is -0.798. The maximum Gasteiger partial charge on any atom is 0.259 e. The van der Waals surface area contributed by atoms with E-state index in [2.05, 4.69) is 0 Å². The van der Waals surface area contributed by atoms with Crippen LogP contribution in [0.25, 0.3) is 0 Å². The van der Waals surface area contributed by atoms with Crippen LogP contribution in [0.15, 0.2) is 17.1 Å². The number of likely N-dealkylation sites (tertiary alicyclic amines) is 1. The number of nitrogens with zero attached hydrogens (tertiary/aromatic N) is 2. The summed E-state index contributed by atoms with van der Waals surface area (Å²) in [7, 11) is 1.81. The van der Waals surface area contributed by atoms with Crippen molar-refractivity contribution in [2.75, 3.05) is 13.1 Å². The minimum Gasteiger partial charge on any atom is -0.390 e. The average molecular weight is 278 g/mol. The average Bonchev–Trinajstić information content (AvgIpc) is 2.82. The van der Waals surface area contributed by atoms with E-state index in [0.29, 0.717) is 13.1 Å². The Morgan fingerprint density at radius 1 is 1.45 bits per heavy atom. The van der Waals surface area contributed by atoms with E-state index in [1.54, 1.807) is 29.5 Å². The second kappa shape index (κ2) is 5.05. The van der Waals surface area contributed by atoms with Gasteiger partial charge in [0.1, 0.15) is 5.56 Å². The van der Waals surface area contributed by atoms with Crippen LogP contribution in [0, 0.1) is 12.8 Å². The maximum absolute atomic E-state index is 12.4. The van der Waals surface area contributed by atoms with Crippen LogP contribution in [-0.2, 0) is 7.05 Å². The number of carbonyl (C=O) groups excluding carboxylic acids is 1. The number of aromatic nitrogens is 1. The van der Waals surface area contributed by atoms with Gasteiger partial charge in [-0.15, -0.1) is 0 Å². The minimum absolute atomic E-state index is 0.0563. The van der Waals surface area contributed by atoms with Gasteiger partial charge in [0, 0.05) is 44.0 Å². The van der Waals surface area contributed by atoms with Crippen LogP contribution in [0.2, 0.25) is 0 Å². The molecule has 0 spiro atoms. The van der Waals surface area contributed by atoms with Gasteiger partial charge in [0.05, 0.1) is 5.60 Å². The van der Waals surface area contributed by atoms with Crippen LogP contribution in [0.1, 0.15) is 36.3 Å². The standard InChI is InChI=1S/C15H22N2O3/c1-10-7-13(18)12(9-16(10)4)14(19)17-6-5-11(8-17)15(2,3)20/h7,9,11,20H,5-6,8H2,1-4H3. The number of aliphatic hydroxyl groups is 1. The van der Waals surface area contributed by atoms with E-state index in [0.717, 1.165) is 12.1 Å². The van der Waals surface area contributed by atoms with Crippen LogP contribution in [0.4, 0.5) is 0 Å². The molecule has 1 aromatic heterocycles. The number of hydrogen-bond acceptors (Lipinski definition) is 3. The van der Waals surface area contributed by atoms with E-state index < -0.39 is 5.60 Å². The van der Waals surface area contributed by atoms with Gasteiger partial charge in [-0.25, -0.2) is 0 Å². The number of aryl methyl sites for hydroxylation is 2. The van der Waals surface area contributed by atoms with Crippen LogP contribution in [-0.4, -0.2) is 39.2 Å². The molecule has 5 heteroatoms. The highest BCUT2D eigenvalue weighted by molar-refractivity contribution is 5.94. The number of amides is 1. The Labute approximate surface area is 118 Å². The van der Waals surface area contributed by atoms with Crippen LogP contribution in [0.5, 0.6) is 0 Å². The van der Waals surface area contributed by atoms with Crippen molar-refractivity contribution < 1.29 is 9.90 Å². The number of carbonyl (C=O) groups is 1. The van der Waals surface area contributed by atoms with Crippen LogP contribution >= 0.6 is 0 Å². The van der Waals surface area contributed by atoms with Gasteiger partial charge in [0.2, 0.25) is 0 Å². The summed E-state index contributed by atoms with van der Waals surface area (Å²) < 4.78 is 1.78. The first kappa shape index (κ1) is 14.8. The molecule has 1 aliphatic rings. The molecule has 5 nitrogen and oxygen atoms in total. The molecule has 0 radical (unpaired) electrons. The lowest BCUT2D eigenvalue weighted by molar-refractivity contribution is 0.0211. The Morgan fingerprint density at radius 3 is 2.65 bits per heavy atom. The Hall–Kier alpha value is -1.62.